The second kappa shape index (κ2) is 6.75. The highest BCUT2D eigenvalue weighted by Gasteiger charge is 2.21. The predicted molar refractivity (Wildman–Crippen MR) is 64.7 cm³/mol. The zero-order valence-corrected chi connectivity index (χ0v) is 10.2. The molecule has 18 heavy (non-hydrogen) atoms. The fraction of sp³-hybridized carbons (Fsp3) is 0.545. The molecule has 0 fully saturated rings. The molecule has 0 aliphatic rings. The lowest BCUT2D eigenvalue weighted by atomic mass is 10.1. The normalized spacial score (nSPS) is 13.9. The summed E-state index contributed by atoms with van der Waals surface area (Å²) in [5, 5.41) is 11.5. The standard InChI is InChI=1S/C11H18N4O3/c1-2-7(12)3-10(16)15-9(11(17)18)4-8-5-13-6-14-8/h5-7,9H,2-4,12H2,1H3,(H,13,14)(H,15,16)(H,17,18)/t7?,9-/m1/s1. The number of H-pyrrole nitrogens is 1. The van der Waals surface area contributed by atoms with Crippen molar-refractivity contribution in [3.63, 3.8) is 0 Å². The maximum atomic E-state index is 11.6. The number of carboxylic acid groups (broad SMARTS) is 1. The summed E-state index contributed by atoms with van der Waals surface area (Å²) >= 11 is 0. The van der Waals surface area contributed by atoms with Crippen LogP contribution in [0.4, 0.5) is 0 Å². The number of imidazole rings is 1. The maximum absolute atomic E-state index is 11.6. The van der Waals surface area contributed by atoms with Gasteiger partial charge in [0.15, 0.2) is 0 Å². The molecule has 5 N–H and O–H groups in total. The smallest absolute Gasteiger partial charge is 0.326 e. The number of nitrogens with two attached hydrogens (primary N) is 1. The molecule has 0 spiro atoms. The zero-order chi connectivity index (χ0) is 13.5. The van der Waals surface area contributed by atoms with E-state index in [1.165, 1.54) is 12.5 Å². The lowest BCUT2D eigenvalue weighted by Gasteiger charge is -2.15. The van der Waals surface area contributed by atoms with Gasteiger partial charge in [-0.1, -0.05) is 6.92 Å². The van der Waals surface area contributed by atoms with E-state index in [0.29, 0.717) is 12.1 Å². The van der Waals surface area contributed by atoms with Gasteiger partial charge in [0.05, 0.1) is 6.33 Å². The van der Waals surface area contributed by atoms with Gasteiger partial charge in [-0.25, -0.2) is 9.78 Å². The van der Waals surface area contributed by atoms with Gasteiger partial charge in [0, 0.05) is 30.8 Å². The van der Waals surface area contributed by atoms with E-state index in [1.54, 1.807) is 0 Å². The summed E-state index contributed by atoms with van der Waals surface area (Å²) in [4.78, 5) is 29.2. The van der Waals surface area contributed by atoms with Gasteiger partial charge in [0.2, 0.25) is 5.91 Å². The van der Waals surface area contributed by atoms with Crippen molar-refractivity contribution in [2.24, 2.45) is 5.73 Å². The van der Waals surface area contributed by atoms with Gasteiger partial charge < -0.3 is 21.1 Å². The van der Waals surface area contributed by atoms with Crippen LogP contribution in [0.5, 0.6) is 0 Å². The monoisotopic (exact) mass is 254 g/mol. The summed E-state index contributed by atoms with van der Waals surface area (Å²) in [5.74, 6) is -1.43. The van der Waals surface area contributed by atoms with Crippen LogP contribution in [0.15, 0.2) is 12.5 Å². The van der Waals surface area contributed by atoms with Gasteiger partial charge in [0.1, 0.15) is 6.04 Å². The molecule has 0 aliphatic heterocycles. The van der Waals surface area contributed by atoms with Crippen LogP contribution >= 0.6 is 0 Å². The summed E-state index contributed by atoms with van der Waals surface area (Å²) in [7, 11) is 0. The van der Waals surface area contributed by atoms with Crippen LogP contribution < -0.4 is 11.1 Å². The van der Waals surface area contributed by atoms with Crippen LogP contribution in [0.3, 0.4) is 0 Å². The third-order valence-electron chi connectivity index (χ3n) is 2.58. The molecular weight excluding hydrogens is 236 g/mol. The van der Waals surface area contributed by atoms with Crippen molar-refractivity contribution in [2.75, 3.05) is 0 Å². The molecule has 1 rings (SSSR count). The number of carbonyl (C=O) groups excluding carboxylic acids is 1. The molecular formula is C11H18N4O3. The Kier molecular flexibility index (Phi) is 5.31. The molecule has 0 saturated carbocycles. The number of carboxylic acids is 1. The van der Waals surface area contributed by atoms with E-state index in [4.69, 9.17) is 10.8 Å². The number of aliphatic carboxylic acids is 1. The molecule has 0 aliphatic carbocycles. The largest absolute Gasteiger partial charge is 0.480 e. The van der Waals surface area contributed by atoms with E-state index >= 15 is 0 Å². The lowest BCUT2D eigenvalue weighted by Crippen LogP contribution is -2.44. The van der Waals surface area contributed by atoms with Crippen molar-refractivity contribution in [2.45, 2.75) is 38.3 Å². The number of aromatic nitrogens is 2. The van der Waals surface area contributed by atoms with E-state index in [9.17, 15) is 9.59 Å². The number of carbonyl (C=O) groups is 2. The van der Waals surface area contributed by atoms with Gasteiger partial charge in [-0.15, -0.1) is 0 Å². The number of nitrogens with one attached hydrogen (secondary N) is 2. The average Bonchev–Trinajstić information content (AvgIpc) is 2.80. The van der Waals surface area contributed by atoms with Crippen LogP contribution in [-0.4, -0.2) is 39.0 Å². The zero-order valence-electron chi connectivity index (χ0n) is 10.2. The summed E-state index contributed by atoms with van der Waals surface area (Å²) in [6.07, 6.45) is 3.96. The Hall–Kier alpha value is -1.89. The number of rotatable bonds is 7. The first-order chi connectivity index (χ1) is 8.52. The average molecular weight is 254 g/mol. The molecule has 1 amide bonds. The lowest BCUT2D eigenvalue weighted by molar-refractivity contribution is -0.141. The minimum atomic E-state index is -1.08. The van der Waals surface area contributed by atoms with Crippen LogP contribution in [0.1, 0.15) is 25.5 Å². The molecule has 0 aromatic carbocycles. The first-order valence-electron chi connectivity index (χ1n) is 5.78. The van der Waals surface area contributed by atoms with Crippen molar-refractivity contribution in [1.29, 1.82) is 0 Å². The van der Waals surface area contributed by atoms with Crippen molar-refractivity contribution in [1.82, 2.24) is 15.3 Å². The Labute approximate surface area is 105 Å². The number of hydrogen-bond donors (Lipinski definition) is 4. The van der Waals surface area contributed by atoms with E-state index in [0.717, 1.165) is 0 Å². The molecule has 100 valence electrons. The number of amides is 1. The Bertz CT molecular complexity index is 391. The second-order valence-electron chi connectivity index (χ2n) is 4.11. The van der Waals surface area contributed by atoms with Crippen molar-refractivity contribution < 1.29 is 14.7 Å². The summed E-state index contributed by atoms with van der Waals surface area (Å²) in [5.41, 5.74) is 6.29. The molecule has 0 saturated heterocycles. The summed E-state index contributed by atoms with van der Waals surface area (Å²) in [6, 6.07) is -1.21. The van der Waals surface area contributed by atoms with Gasteiger partial charge in [-0.3, -0.25) is 4.79 Å². The fourth-order valence-corrected chi connectivity index (χ4v) is 1.45. The molecule has 1 aromatic rings. The van der Waals surface area contributed by atoms with Gasteiger partial charge in [-0.2, -0.15) is 0 Å². The molecule has 0 radical (unpaired) electrons. The fourth-order valence-electron chi connectivity index (χ4n) is 1.45. The third-order valence-corrected chi connectivity index (χ3v) is 2.58. The van der Waals surface area contributed by atoms with Crippen molar-refractivity contribution in [3.05, 3.63) is 18.2 Å². The van der Waals surface area contributed by atoms with E-state index < -0.39 is 12.0 Å². The molecule has 0 bridgehead atoms. The molecule has 1 heterocycles. The van der Waals surface area contributed by atoms with Gasteiger partial charge >= 0.3 is 5.97 Å². The molecule has 2 atom stereocenters. The number of hydrogen-bond acceptors (Lipinski definition) is 4. The molecule has 7 heteroatoms. The van der Waals surface area contributed by atoms with Crippen molar-refractivity contribution >= 4 is 11.9 Å². The second-order valence-corrected chi connectivity index (χ2v) is 4.11. The predicted octanol–water partition coefficient (Wildman–Crippen LogP) is -0.351. The first kappa shape index (κ1) is 14.2. The highest BCUT2D eigenvalue weighted by molar-refractivity contribution is 5.83. The van der Waals surface area contributed by atoms with Crippen molar-refractivity contribution in [3.8, 4) is 0 Å². The first-order valence-corrected chi connectivity index (χ1v) is 5.78. The van der Waals surface area contributed by atoms with Crippen LogP contribution in [-0.2, 0) is 16.0 Å². The Morgan fingerprint density at radius 2 is 2.33 bits per heavy atom. The number of nitrogens with zero attached hydrogens (tertiary/aromatic N) is 1. The number of aromatic amines is 1. The van der Waals surface area contributed by atoms with Crippen LogP contribution in [0.25, 0.3) is 0 Å². The quantitative estimate of drug-likeness (QED) is 0.530. The van der Waals surface area contributed by atoms with E-state index in [-0.39, 0.29) is 24.8 Å². The third kappa shape index (κ3) is 4.54. The maximum Gasteiger partial charge on any atom is 0.326 e. The minimum Gasteiger partial charge on any atom is -0.480 e. The Morgan fingerprint density at radius 3 is 2.83 bits per heavy atom. The highest BCUT2D eigenvalue weighted by Crippen LogP contribution is 2.00. The van der Waals surface area contributed by atoms with Crippen LogP contribution in [0, 0.1) is 0 Å². The highest BCUT2D eigenvalue weighted by atomic mass is 16.4. The Balaban J connectivity index is 2.53. The summed E-state index contributed by atoms with van der Waals surface area (Å²) in [6.45, 7) is 1.87. The van der Waals surface area contributed by atoms with Gasteiger partial charge in [-0.05, 0) is 6.42 Å². The molecule has 1 unspecified atom stereocenters. The van der Waals surface area contributed by atoms with Gasteiger partial charge in [0.25, 0.3) is 0 Å². The van der Waals surface area contributed by atoms with E-state index in [1.807, 2.05) is 6.92 Å². The topological polar surface area (TPSA) is 121 Å². The SMILES string of the molecule is CCC(N)CC(=O)N[C@H](Cc1cnc[nH]1)C(=O)O. The molecule has 7 nitrogen and oxygen atoms in total. The minimum absolute atomic E-state index is 0.128. The summed E-state index contributed by atoms with van der Waals surface area (Å²) < 4.78 is 0. The Morgan fingerprint density at radius 1 is 1.61 bits per heavy atom. The molecule has 1 aromatic heterocycles. The van der Waals surface area contributed by atoms with Crippen LogP contribution in [0.2, 0.25) is 0 Å². The van der Waals surface area contributed by atoms with E-state index in [2.05, 4.69) is 15.3 Å².